The molecule has 0 saturated heterocycles. The van der Waals surface area contributed by atoms with Crippen LogP contribution in [0, 0.1) is 0 Å². The van der Waals surface area contributed by atoms with Crippen LogP contribution in [0.15, 0.2) is 91.0 Å². The van der Waals surface area contributed by atoms with E-state index in [9.17, 15) is 14.5 Å². The Kier molecular flexibility index (Phi) is 4.64. The summed E-state index contributed by atoms with van der Waals surface area (Å²) in [5.74, 6) is -1.09. The van der Waals surface area contributed by atoms with Crippen molar-refractivity contribution in [1.82, 2.24) is 0 Å². The van der Waals surface area contributed by atoms with Gasteiger partial charge in [0.15, 0.2) is 7.14 Å². The summed E-state index contributed by atoms with van der Waals surface area (Å²) in [5.41, 5.74) is -0.579. The Balaban J connectivity index is 2.28. The number of benzene rings is 3. The maximum absolute atomic E-state index is 14.2. The average Bonchev–Trinajstić information content (AvgIpc) is 2.64. The molecule has 0 bridgehead atoms. The molecule has 24 heavy (non-hydrogen) atoms. The molecule has 0 heterocycles. The van der Waals surface area contributed by atoms with E-state index in [1.54, 1.807) is 72.8 Å². The Morgan fingerprint density at radius 3 is 1.46 bits per heavy atom. The van der Waals surface area contributed by atoms with E-state index in [2.05, 4.69) is 0 Å². The lowest BCUT2D eigenvalue weighted by molar-refractivity contribution is -0.136. The summed E-state index contributed by atoms with van der Waals surface area (Å²) in [7, 11) is -3.41. The highest BCUT2D eigenvalue weighted by atomic mass is 31.2. The van der Waals surface area contributed by atoms with Gasteiger partial charge in [-0.15, -0.1) is 0 Å². The Labute approximate surface area is 141 Å². The van der Waals surface area contributed by atoms with Crippen LogP contribution in [0.3, 0.4) is 0 Å². The summed E-state index contributed by atoms with van der Waals surface area (Å²) in [6.07, 6.45) is 0. The number of carboxylic acid groups (broad SMARTS) is 1. The van der Waals surface area contributed by atoms with Gasteiger partial charge in [-0.25, -0.2) is 0 Å². The van der Waals surface area contributed by atoms with Crippen LogP contribution in [0.25, 0.3) is 0 Å². The molecule has 3 aromatic rings. The van der Waals surface area contributed by atoms with Crippen LogP contribution >= 0.6 is 7.14 Å². The normalized spacial score (nSPS) is 12.5. The fourth-order valence-corrected chi connectivity index (χ4v) is 5.92. The minimum atomic E-state index is -3.41. The molecule has 3 nitrogen and oxygen atoms in total. The highest BCUT2D eigenvalue weighted by Crippen LogP contribution is 2.57. The van der Waals surface area contributed by atoms with Crippen molar-refractivity contribution in [1.29, 1.82) is 0 Å². The molecule has 1 atom stereocenters. The van der Waals surface area contributed by atoms with Crippen LogP contribution in [-0.4, -0.2) is 11.1 Å². The van der Waals surface area contributed by atoms with Crippen molar-refractivity contribution in [3.8, 4) is 0 Å². The highest BCUT2D eigenvalue weighted by molar-refractivity contribution is 7.79. The number of rotatable bonds is 5. The lowest BCUT2D eigenvalue weighted by atomic mass is 10.1. The fraction of sp³-hybridized carbons (Fsp3) is 0.0500. The Morgan fingerprint density at radius 2 is 1.08 bits per heavy atom. The van der Waals surface area contributed by atoms with Gasteiger partial charge in [-0.2, -0.15) is 0 Å². The zero-order chi connectivity index (χ0) is 17.0. The molecule has 3 rings (SSSR count). The number of aliphatic carboxylic acids is 1. The molecule has 4 heteroatoms. The van der Waals surface area contributed by atoms with E-state index in [-0.39, 0.29) is 0 Å². The van der Waals surface area contributed by atoms with Crippen molar-refractivity contribution in [3.05, 3.63) is 96.6 Å². The van der Waals surface area contributed by atoms with Crippen LogP contribution in [0.2, 0.25) is 0 Å². The maximum Gasteiger partial charge on any atom is 0.319 e. The van der Waals surface area contributed by atoms with Gasteiger partial charge in [0.25, 0.3) is 0 Å². The van der Waals surface area contributed by atoms with E-state index in [1.807, 2.05) is 18.2 Å². The summed E-state index contributed by atoms with van der Waals surface area (Å²) >= 11 is 0. The molecule has 0 saturated carbocycles. The summed E-state index contributed by atoms with van der Waals surface area (Å²) < 4.78 is 14.2. The first-order valence-electron chi connectivity index (χ1n) is 7.63. The molecular weight excluding hydrogens is 319 g/mol. The first-order valence-corrected chi connectivity index (χ1v) is 9.40. The number of carboxylic acids is 1. The van der Waals surface area contributed by atoms with Gasteiger partial charge >= 0.3 is 5.97 Å². The Bertz CT molecular complexity index is 818. The van der Waals surface area contributed by atoms with E-state index < -0.39 is 18.8 Å². The summed E-state index contributed by atoms with van der Waals surface area (Å²) in [4.78, 5) is 12.1. The second-order valence-electron chi connectivity index (χ2n) is 5.48. The zero-order valence-corrected chi connectivity index (χ0v) is 13.8. The van der Waals surface area contributed by atoms with Gasteiger partial charge in [-0.05, 0) is 5.56 Å². The second kappa shape index (κ2) is 6.86. The smallest absolute Gasteiger partial charge is 0.319 e. The zero-order valence-electron chi connectivity index (χ0n) is 12.9. The molecule has 0 amide bonds. The van der Waals surface area contributed by atoms with Crippen molar-refractivity contribution in [2.24, 2.45) is 0 Å². The largest absolute Gasteiger partial charge is 0.480 e. The Hall–Kier alpha value is -2.64. The van der Waals surface area contributed by atoms with Crippen LogP contribution in [0.1, 0.15) is 11.2 Å². The second-order valence-corrected chi connectivity index (χ2v) is 8.35. The predicted octanol–water partition coefficient (Wildman–Crippen LogP) is 3.83. The van der Waals surface area contributed by atoms with Crippen LogP contribution in [-0.2, 0) is 9.36 Å². The quantitative estimate of drug-likeness (QED) is 0.721. The van der Waals surface area contributed by atoms with Gasteiger partial charge in [0, 0.05) is 10.6 Å². The van der Waals surface area contributed by atoms with Crippen molar-refractivity contribution >= 4 is 23.7 Å². The summed E-state index contributed by atoms with van der Waals surface area (Å²) in [5, 5.41) is 11.0. The van der Waals surface area contributed by atoms with Crippen LogP contribution in [0.5, 0.6) is 0 Å². The third kappa shape index (κ3) is 2.91. The summed E-state index contributed by atoms with van der Waals surface area (Å²) in [6.45, 7) is 0. The fourth-order valence-electron chi connectivity index (χ4n) is 2.89. The van der Waals surface area contributed by atoms with E-state index >= 15 is 0 Å². The van der Waals surface area contributed by atoms with Gasteiger partial charge < -0.3 is 9.67 Å². The molecule has 0 aromatic heterocycles. The minimum absolute atomic E-state index is 0.543. The molecular formula is C20H17O3P. The van der Waals surface area contributed by atoms with Crippen molar-refractivity contribution < 1.29 is 14.5 Å². The molecule has 0 aliphatic rings. The molecule has 0 aliphatic carbocycles. The molecule has 1 N–H and O–H groups in total. The topological polar surface area (TPSA) is 54.4 Å². The highest BCUT2D eigenvalue weighted by Gasteiger charge is 2.42. The average molecular weight is 336 g/mol. The third-order valence-electron chi connectivity index (χ3n) is 3.99. The van der Waals surface area contributed by atoms with Gasteiger partial charge in [0.05, 0.1) is 0 Å². The van der Waals surface area contributed by atoms with Crippen molar-refractivity contribution in [2.75, 3.05) is 0 Å². The Morgan fingerprint density at radius 1 is 0.708 bits per heavy atom. The van der Waals surface area contributed by atoms with E-state index in [4.69, 9.17) is 0 Å². The molecule has 0 fully saturated rings. The van der Waals surface area contributed by atoms with Gasteiger partial charge in [0.2, 0.25) is 0 Å². The van der Waals surface area contributed by atoms with E-state index in [1.165, 1.54) is 0 Å². The SMILES string of the molecule is O=C(O)[C@H](c1ccccc1)P(=O)(c1ccccc1)c1ccccc1. The van der Waals surface area contributed by atoms with E-state index in [0.29, 0.717) is 16.2 Å². The number of hydrogen-bond acceptors (Lipinski definition) is 2. The van der Waals surface area contributed by atoms with Crippen molar-refractivity contribution in [2.45, 2.75) is 5.66 Å². The van der Waals surface area contributed by atoms with Gasteiger partial charge in [-0.3, -0.25) is 4.79 Å². The van der Waals surface area contributed by atoms with Gasteiger partial charge in [0.1, 0.15) is 5.66 Å². The molecule has 0 spiro atoms. The lowest BCUT2D eigenvalue weighted by Crippen LogP contribution is -2.26. The lowest BCUT2D eigenvalue weighted by Gasteiger charge is -2.26. The molecule has 0 aliphatic heterocycles. The van der Waals surface area contributed by atoms with E-state index in [0.717, 1.165) is 0 Å². The maximum atomic E-state index is 14.2. The number of carbonyl (C=O) groups is 1. The predicted molar refractivity (Wildman–Crippen MR) is 96.6 cm³/mol. The number of hydrogen-bond donors (Lipinski definition) is 1. The third-order valence-corrected chi connectivity index (χ3v) is 7.37. The summed E-state index contributed by atoms with van der Waals surface area (Å²) in [6, 6.07) is 26.6. The molecule has 3 aromatic carbocycles. The molecule has 0 radical (unpaired) electrons. The van der Waals surface area contributed by atoms with Crippen LogP contribution in [0.4, 0.5) is 0 Å². The molecule has 0 unspecified atom stereocenters. The standard InChI is InChI=1S/C20H17O3P/c21-20(22)19(16-10-4-1-5-11-16)24(23,17-12-6-2-7-13-17)18-14-8-3-9-15-18/h1-15,19H,(H,21,22)/t19-/m0/s1. The van der Waals surface area contributed by atoms with Crippen LogP contribution < -0.4 is 10.6 Å². The van der Waals surface area contributed by atoms with Gasteiger partial charge in [-0.1, -0.05) is 91.0 Å². The van der Waals surface area contributed by atoms with Crippen molar-refractivity contribution in [3.63, 3.8) is 0 Å². The minimum Gasteiger partial charge on any atom is -0.480 e. The first kappa shape index (κ1) is 16.2. The molecule has 120 valence electrons. The monoisotopic (exact) mass is 336 g/mol. The first-order chi connectivity index (χ1) is 11.6.